The Morgan fingerprint density at radius 3 is 2.56 bits per heavy atom. The number of rotatable bonds is 9. The lowest BCUT2D eigenvalue weighted by atomic mass is 10.0. The largest absolute Gasteiger partial charge is 0.382 e. The van der Waals surface area contributed by atoms with Crippen LogP contribution in [-0.4, -0.2) is 56.8 Å². The molecule has 27 heavy (non-hydrogen) atoms. The van der Waals surface area contributed by atoms with Gasteiger partial charge < -0.3 is 15.4 Å². The summed E-state index contributed by atoms with van der Waals surface area (Å²) in [5.74, 6) is 0.924. The predicted molar refractivity (Wildman–Crippen MR) is 128 cm³/mol. The van der Waals surface area contributed by atoms with E-state index in [1.165, 1.54) is 5.56 Å². The molecule has 1 aliphatic rings. The topological polar surface area (TPSA) is 48.9 Å². The smallest absolute Gasteiger partial charge is 0.191 e. The third-order valence-electron chi connectivity index (χ3n) is 4.68. The number of nitrogens with zero attached hydrogens (tertiary/aromatic N) is 2. The number of guanidine groups is 1. The minimum absolute atomic E-state index is 0. The van der Waals surface area contributed by atoms with Crippen LogP contribution in [0.1, 0.15) is 38.2 Å². The van der Waals surface area contributed by atoms with Crippen molar-refractivity contribution in [3.8, 4) is 0 Å². The summed E-state index contributed by atoms with van der Waals surface area (Å²) in [5.41, 5.74) is 1.38. The summed E-state index contributed by atoms with van der Waals surface area (Å²) in [4.78, 5) is 6.89. The lowest BCUT2D eigenvalue weighted by molar-refractivity contribution is 0.143. The van der Waals surface area contributed by atoms with E-state index in [4.69, 9.17) is 4.74 Å². The Labute approximate surface area is 189 Å². The number of ether oxygens (including phenoxy) is 1. The summed E-state index contributed by atoms with van der Waals surface area (Å²) in [6.07, 6.45) is 4.50. The number of hydrogen-bond acceptors (Lipinski definition) is 3. The first kappa shape index (κ1) is 24.7. The van der Waals surface area contributed by atoms with Gasteiger partial charge in [0.1, 0.15) is 0 Å². The first-order valence-electron chi connectivity index (χ1n) is 9.73. The van der Waals surface area contributed by atoms with Crippen molar-refractivity contribution < 1.29 is 4.74 Å². The van der Waals surface area contributed by atoms with Gasteiger partial charge in [0.15, 0.2) is 5.96 Å². The van der Waals surface area contributed by atoms with E-state index in [9.17, 15) is 0 Å². The first-order valence-corrected chi connectivity index (χ1v) is 10.5. The molecule has 1 aliphatic heterocycles. The molecule has 0 amide bonds. The molecule has 0 atom stereocenters. The lowest BCUT2D eigenvalue weighted by Crippen LogP contribution is -2.48. The predicted octanol–water partition coefficient (Wildman–Crippen LogP) is 4.01. The summed E-state index contributed by atoms with van der Waals surface area (Å²) in [5, 5.41) is 6.99. The van der Waals surface area contributed by atoms with Crippen LogP contribution in [0.2, 0.25) is 0 Å². The van der Waals surface area contributed by atoms with Gasteiger partial charge in [0, 0.05) is 57.0 Å². The zero-order chi connectivity index (χ0) is 18.6. The fourth-order valence-electron chi connectivity index (χ4n) is 3.15. The number of hydrogen-bond donors (Lipinski definition) is 2. The van der Waals surface area contributed by atoms with Gasteiger partial charge in [0.25, 0.3) is 0 Å². The van der Waals surface area contributed by atoms with E-state index in [2.05, 4.69) is 60.7 Å². The highest BCUT2D eigenvalue weighted by Crippen LogP contribution is 2.16. The van der Waals surface area contributed by atoms with Crippen molar-refractivity contribution in [1.29, 1.82) is 0 Å². The molecule has 0 radical (unpaired) electrons. The van der Waals surface area contributed by atoms with Crippen molar-refractivity contribution in [2.45, 2.75) is 45.2 Å². The summed E-state index contributed by atoms with van der Waals surface area (Å²) in [6.45, 7) is 7.91. The molecule has 0 spiro atoms. The number of likely N-dealkylation sites (tertiary alicyclic amines) is 1. The van der Waals surface area contributed by atoms with Crippen LogP contribution in [0.15, 0.2) is 33.7 Å². The maximum absolute atomic E-state index is 5.37. The number of piperidine rings is 1. The highest BCUT2D eigenvalue weighted by molar-refractivity contribution is 14.0. The molecule has 5 nitrogen and oxygen atoms in total. The van der Waals surface area contributed by atoms with E-state index in [0.717, 1.165) is 75.5 Å². The molecule has 0 aliphatic carbocycles. The standard InChI is InChI=1S/C20H33BrN4O.HI/c1-3-26-15-5-4-12-23-20(22-2)24-19-10-13-25(14-11-19)16-17-6-8-18(21)9-7-17;/h6-9,19H,3-5,10-16H2,1-2H3,(H2,22,23,24);1H. The van der Waals surface area contributed by atoms with Crippen LogP contribution in [0.25, 0.3) is 0 Å². The van der Waals surface area contributed by atoms with Crippen LogP contribution < -0.4 is 10.6 Å². The van der Waals surface area contributed by atoms with Gasteiger partial charge >= 0.3 is 0 Å². The monoisotopic (exact) mass is 552 g/mol. The Kier molecular flexibility index (Phi) is 13.3. The molecule has 1 saturated heterocycles. The second-order valence-electron chi connectivity index (χ2n) is 6.72. The second-order valence-corrected chi connectivity index (χ2v) is 7.64. The normalized spacial score (nSPS) is 16.0. The Balaban J connectivity index is 0.00000364. The number of aliphatic imine (C=N–C) groups is 1. The average Bonchev–Trinajstić information content (AvgIpc) is 2.67. The Morgan fingerprint density at radius 2 is 1.93 bits per heavy atom. The molecule has 2 rings (SSSR count). The summed E-state index contributed by atoms with van der Waals surface area (Å²) >= 11 is 3.50. The number of benzene rings is 1. The quantitative estimate of drug-likeness (QED) is 0.210. The van der Waals surface area contributed by atoms with Crippen LogP contribution in [0.3, 0.4) is 0 Å². The zero-order valence-electron chi connectivity index (χ0n) is 16.5. The first-order chi connectivity index (χ1) is 12.7. The van der Waals surface area contributed by atoms with Gasteiger partial charge in [0.2, 0.25) is 0 Å². The van der Waals surface area contributed by atoms with Crippen LogP contribution in [-0.2, 0) is 11.3 Å². The van der Waals surface area contributed by atoms with Crippen LogP contribution >= 0.6 is 39.9 Å². The molecule has 154 valence electrons. The summed E-state index contributed by atoms with van der Waals surface area (Å²) < 4.78 is 6.51. The molecule has 1 fully saturated rings. The maximum Gasteiger partial charge on any atom is 0.191 e. The third-order valence-corrected chi connectivity index (χ3v) is 5.21. The van der Waals surface area contributed by atoms with Crippen molar-refractivity contribution >= 4 is 45.9 Å². The third kappa shape index (κ3) is 10.1. The molecular weight excluding hydrogens is 519 g/mol. The fourth-order valence-corrected chi connectivity index (χ4v) is 3.42. The van der Waals surface area contributed by atoms with E-state index in [-0.39, 0.29) is 24.0 Å². The van der Waals surface area contributed by atoms with Gasteiger partial charge in [-0.05, 0) is 50.3 Å². The van der Waals surface area contributed by atoms with Crippen molar-refractivity contribution in [2.75, 3.05) is 39.9 Å². The molecule has 1 heterocycles. The van der Waals surface area contributed by atoms with E-state index in [1.807, 2.05) is 14.0 Å². The fraction of sp³-hybridized carbons (Fsp3) is 0.650. The number of halogens is 2. The summed E-state index contributed by atoms with van der Waals surface area (Å²) in [6, 6.07) is 9.14. The number of nitrogens with one attached hydrogen (secondary N) is 2. The van der Waals surface area contributed by atoms with Gasteiger partial charge in [-0.15, -0.1) is 24.0 Å². The minimum atomic E-state index is 0. The Hall–Kier alpha value is -0.380. The van der Waals surface area contributed by atoms with Crippen LogP contribution in [0.5, 0.6) is 0 Å². The molecule has 1 aromatic rings. The SMILES string of the molecule is CCOCCCCNC(=NC)NC1CCN(Cc2ccc(Br)cc2)CC1.I. The van der Waals surface area contributed by atoms with Crippen LogP contribution in [0.4, 0.5) is 0 Å². The van der Waals surface area contributed by atoms with Gasteiger partial charge in [-0.3, -0.25) is 9.89 Å². The van der Waals surface area contributed by atoms with Gasteiger partial charge in [-0.25, -0.2) is 0 Å². The van der Waals surface area contributed by atoms with Crippen molar-refractivity contribution in [3.63, 3.8) is 0 Å². The maximum atomic E-state index is 5.37. The highest BCUT2D eigenvalue weighted by Gasteiger charge is 2.19. The Morgan fingerprint density at radius 1 is 1.22 bits per heavy atom. The van der Waals surface area contributed by atoms with E-state index in [0.29, 0.717) is 6.04 Å². The van der Waals surface area contributed by atoms with Gasteiger partial charge in [-0.2, -0.15) is 0 Å². The summed E-state index contributed by atoms with van der Waals surface area (Å²) in [7, 11) is 1.85. The molecular formula is C20H34BrIN4O. The minimum Gasteiger partial charge on any atom is -0.382 e. The van der Waals surface area contributed by atoms with Gasteiger partial charge in [0.05, 0.1) is 0 Å². The lowest BCUT2D eigenvalue weighted by Gasteiger charge is -2.33. The molecule has 0 unspecified atom stereocenters. The number of unbranched alkanes of at least 4 members (excludes halogenated alkanes) is 1. The second kappa shape index (κ2) is 14.6. The molecule has 7 heteroatoms. The van der Waals surface area contributed by atoms with E-state index >= 15 is 0 Å². The molecule has 0 aromatic heterocycles. The van der Waals surface area contributed by atoms with Crippen molar-refractivity contribution in [1.82, 2.24) is 15.5 Å². The Bertz CT molecular complexity index is 533. The zero-order valence-corrected chi connectivity index (χ0v) is 20.5. The average molecular weight is 553 g/mol. The molecule has 2 N–H and O–H groups in total. The van der Waals surface area contributed by atoms with Crippen molar-refractivity contribution in [2.24, 2.45) is 4.99 Å². The van der Waals surface area contributed by atoms with Crippen LogP contribution in [0, 0.1) is 0 Å². The highest BCUT2D eigenvalue weighted by atomic mass is 127. The van der Waals surface area contributed by atoms with Crippen molar-refractivity contribution in [3.05, 3.63) is 34.3 Å². The van der Waals surface area contributed by atoms with E-state index < -0.39 is 0 Å². The van der Waals surface area contributed by atoms with Gasteiger partial charge in [-0.1, -0.05) is 28.1 Å². The van der Waals surface area contributed by atoms with E-state index in [1.54, 1.807) is 0 Å². The molecule has 1 aromatic carbocycles. The molecule has 0 saturated carbocycles. The molecule has 0 bridgehead atoms.